The summed E-state index contributed by atoms with van der Waals surface area (Å²) < 4.78 is 15.7. The number of furan rings is 1. The van der Waals surface area contributed by atoms with Gasteiger partial charge >= 0.3 is 0 Å². The highest BCUT2D eigenvalue weighted by molar-refractivity contribution is 6.14. The van der Waals surface area contributed by atoms with Crippen molar-refractivity contribution in [3.8, 4) is 17.6 Å². The average molecular weight is 267 g/mol. The molecular weight excluding hydrogens is 258 g/mol. The molecule has 5 nitrogen and oxygen atoms in total. The van der Waals surface area contributed by atoms with E-state index in [4.69, 9.17) is 19.2 Å². The van der Waals surface area contributed by atoms with E-state index in [0.29, 0.717) is 22.8 Å². The summed E-state index contributed by atoms with van der Waals surface area (Å²) in [5, 5.41) is 8.69. The van der Waals surface area contributed by atoms with Crippen LogP contribution in [0.1, 0.15) is 21.9 Å². The number of methoxy groups -OCH3 is 1. The maximum Gasteiger partial charge on any atom is 0.232 e. The van der Waals surface area contributed by atoms with E-state index in [-0.39, 0.29) is 17.3 Å². The molecule has 0 bridgehead atoms. The Bertz CT molecular complexity index is 764. The van der Waals surface area contributed by atoms with Crippen molar-refractivity contribution in [3.05, 3.63) is 53.2 Å². The SMILES string of the molecule is COc1ccc2c(c1)C(=O)C(=Cc1ccc(C#N)o1)O2. The molecule has 0 spiro atoms. The maximum absolute atomic E-state index is 12.2. The van der Waals surface area contributed by atoms with Crippen LogP contribution in [0.5, 0.6) is 11.5 Å². The highest BCUT2D eigenvalue weighted by atomic mass is 16.5. The fourth-order valence-electron chi connectivity index (χ4n) is 1.91. The van der Waals surface area contributed by atoms with Gasteiger partial charge in [0.05, 0.1) is 12.7 Å². The number of carbonyl (C=O) groups excluding carboxylic acids is 1. The van der Waals surface area contributed by atoms with E-state index >= 15 is 0 Å². The molecule has 0 N–H and O–H groups in total. The molecule has 1 aromatic heterocycles. The van der Waals surface area contributed by atoms with Gasteiger partial charge in [-0.05, 0) is 30.3 Å². The number of carbonyl (C=O) groups is 1. The van der Waals surface area contributed by atoms with E-state index in [9.17, 15) is 4.79 Å². The van der Waals surface area contributed by atoms with Gasteiger partial charge in [0, 0.05) is 6.08 Å². The Kier molecular flexibility index (Phi) is 2.77. The molecular formula is C15H9NO4. The lowest BCUT2D eigenvalue weighted by Crippen LogP contribution is -1.97. The van der Waals surface area contributed by atoms with Crippen molar-refractivity contribution in [1.82, 2.24) is 0 Å². The molecule has 0 saturated heterocycles. The third kappa shape index (κ3) is 1.93. The molecule has 0 amide bonds. The minimum atomic E-state index is -0.242. The Labute approximate surface area is 114 Å². The van der Waals surface area contributed by atoms with Gasteiger partial charge < -0.3 is 13.9 Å². The van der Waals surface area contributed by atoms with E-state index in [0.717, 1.165) is 0 Å². The zero-order valence-electron chi connectivity index (χ0n) is 10.5. The number of nitrogens with zero attached hydrogens (tertiary/aromatic N) is 1. The quantitative estimate of drug-likeness (QED) is 0.782. The van der Waals surface area contributed by atoms with Crippen LogP contribution in [-0.2, 0) is 0 Å². The first kappa shape index (κ1) is 12.1. The molecule has 1 aliphatic rings. The van der Waals surface area contributed by atoms with E-state index in [1.54, 1.807) is 24.3 Å². The van der Waals surface area contributed by atoms with E-state index < -0.39 is 0 Å². The largest absolute Gasteiger partial charge is 0.497 e. The van der Waals surface area contributed by atoms with Gasteiger partial charge in [0.15, 0.2) is 5.76 Å². The highest BCUT2D eigenvalue weighted by Crippen LogP contribution is 2.34. The molecule has 2 aromatic rings. The van der Waals surface area contributed by atoms with Crippen molar-refractivity contribution < 1.29 is 18.7 Å². The van der Waals surface area contributed by atoms with Gasteiger partial charge in [-0.1, -0.05) is 0 Å². The summed E-state index contributed by atoms with van der Waals surface area (Å²) >= 11 is 0. The topological polar surface area (TPSA) is 72.5 Å². The van der Waals surface area contributed by atoms with Crippen molar-refractivity contribution >= 4 is 11.9 Å². The lowest BCUT2D eigenvalue weighted by atomic mass is 10.1. The van der Waals surface area contributed by atoms with Gasteiger partial charge in [0.1, 0.15) is 23.3 Å². The first-order valence-electron chi connectivity index (χ1n) is 5.83. The van der Waals surface area contributed by atoms with Crippen LogP contribution in [0.2, 0.25) is 0 Å². The minimum Gasteiger partial charge on any atom is -0.497 e. The number of ether oxygens (including phenoxy) is 2. The predicted octanol–water partition coefficient (Wildman–Crippen LogP) is 2.78. The molecule has 2 heterocycles. The lowest BCUT2D eigenvalue weighted by Gasteiger charge is -2.00. The fraction of sp³-hybridized carbons (Fsp3) is 0.0667. The number of hydrogen-bond donors (Lipinski definition) is 0. The Hall–Kier alpha value is -3.00. The summed E-state index contributed by atoms with van der Waals surface area (Å²) in [6.07, 6.45) is 1.47. The first-order chi connectivity index (χ1) is 9.71. The van der Waals surface area contributed by atoms with Crippen molar-refractivity contribution in [2.75, 3.05) is 7.11 Å². The molecule has 0 unspecified atom stereocenters. The number of benzene rings is 1. The van der Waals surface area contributed by atoms with E-state index in [1.165, 1.54) is 19.3 Å². The maximum atomic E-state index is 12.2. The molecule has 3 rings (SSSR count). The Morgan fingerprint density at radius 3 is 2.85 bits per heavy atom. The number of hydrogen-bond acceptors (Lipinski definition) is 5. The summed E-state index contributed by atoms with van der Waals surface area (Å²) in [7, 11) is 1.53. The second-order valence-corrected chi connectivity index (χ2v) is 4.12. The summed E-state index contributed by atoms with van der Waals surface area (Å²) in [5.74, 6) is 1.56. The molecule has 0 atom stereocenters. The van der Waals surface area contributed by atoms with Crippen molar-refractivity contribution in [2.24, 2.45) is 0 Å². The molecule has 98 valence electrons. The first-order valence-corrected chi connectivity index (χ1v) is 5.83. The number of rotatable bonds is 2. The van der Waals surface area contributed by atoms with E-state index in [2.05, 4.69) is 0 Å². The Morgan fingerprint density at radius 2 is 2.15 bits per heavy atom. The van der Waals surface area contributed by atoms with Crippen molar-refractivity contribution in [1.29, 1.82) is 5.26 Å². The van der Waals surface area contributed by atoms with Crippen LogP contribution in [0, 0.1) is 11.3 Å². The molecule has 1 aliphatic heterocycles. The third-order valence-electron chi connectivity index (χ3n) is 2.89. The van der Waals surface area contributed by atoms with Gasteiger partial charge in [-0.25, -0.2) is 0 Å². The van der Waals surface area contributed by atoms with Gasteiger partial charge in [0.2, 0.25) is 11.5 Å². The number of nitriles is 1. The van der Waals surface area contributed by atoms with Crippen LogP contribution < -0.4 is 9.47 Å². The number of ketones is 1. The molecule has 1 aromatic carbocycles. The monoisotopic (exact) mass is 267 g/mol. The summed E-state index contributed by atoms with van der Waals surface area (Å²) in [6, 6.07) is 10.0. The van der Waals surface area contributed by atoms with Gasteiger partial charge in [-0.15, -0.1) is 0 Å². The van der Waals surface area contributed by atoms with Gasteiger partial charge in [0.25, 0.3) is 0 Å². The molecule has 5 heteroatoms. The van der Waals surface area contributed by atoms with Crippen molar-refractivity contribution in [3.63, 3.8) is 0 Å². The Balaban J connectivity index is 1.95. The number of fused-ring (bicyclic) bond motifs is 1. The smallest absolute Gasteiger partial charge is 0.232 e. The molecule has 20 heavy (non-hydrogen) atoms. The second kappa shape index (κ2) is 4.59. The molecule has 0 fully saturated rings. The second-order valence-electron chi connectivity index (χ2n) is 4.12. The minimum absolute atomic E-state index is 0.159. The standard InChI is InChI=1S/C15H9NO4/c1-18-9-4-5-13-12(6-9)15(17)14(20-13)7-10-2-3-11(8-16)19-10/h2-7H,1H3. The third-order valence-corrected chi connectivity index (χ3v) is 2.89. The Morgan fingerprint density at radius 1 is 1.30 bits per heavy atom. The van der Waals surface area contributed by atoms with Crippen LogP contribution in [0.4, 0.5) is 0 Å². The summed E-state index contributed by atoms with van der Waals surface area (Å²) in [5.41, 5.74) is 0.447. The number of allylic oxidation sites excluding steroid dienone is 1. The lowest BCUT2D eigenvalue weighted by molar-refractivity contribution is 0.101. The van der Waals surface area contributed by atoms with Crippen LogP contribution in [0.25, 0.3) is 6.08 Å². The predicted molar refractivity (Wildman–Crippen MR) is 69.4 cm³/mol. The van der Waals surface area contributed by atoms with Crippen LogP contribution in [-0.4, -0.2) is 12.9 Å². The normalized spacial score (nSPS) is 14.8. The molecule has 0 saturated carbocycles. The average Bonchev–Trinajstić information content (AvgIpc) is 3.05. The van der Waals surface area contributed by atoms with E-state index in [1.807, 2.05) is 6.07 Å². The highest BCUT2D eigenvalue weighted by Gasteiger charge is 2.28. The van der Waals surface area contributed by atoms with Gasteiger partial charge in [-0.2, -0.15) is 5.26 Å². The van der Waals surface area contributed by atoms with Crippen LogP contribution >= 0.6 is 0 Å². The van der Waals surface area contributed by atoms with Crippen molar-refractivity contribution in [2.45, 2.75) is 0 Å². The van der Waals surface area contributed by atoms with Crippen LogP contribution in [0.15, 0.2) is 40.5 Å². The summed E-state index contributed by atoms with van der Waals surface area (Å²) in [4.78, 5) is 12.2. The molecule has 0 aliphatic carbocycles. The number of Topliss-reactive ketones (excluding diaryl/α,β-unsaturated/α-hetero) is 1. The zero-order chi connectivity index (χ0) is 14.1. The summed E-state index contributed by atoms with van der Waals surface area (Å²) in [6.45, 7) is 0. The molecule has 0 radical (unpaired) electrons. The van der Waals surface area contributed by atoms with Crippen LogP contribution in [0.3, 0.4) is 0 Å². The fourth-order valence-corrected chi connectivity index (χ4v) is 1.91. The van der Waals surface area contributed by atoms with Gasteiger partial charge in [-0.3, -0.25) is 4.79 Å². The zero-order valence-corrected chi connectivity index (χ0v) is 10.5.